The van der Waals surface area contributed by atoms with Crippen LogP contribution in [-0.4, -0.2) is 25.4 Å². The zero-order valence-corrected chi connectivity index (χ0v) is 9.82. The Morgan fingerprint density at radius 1 is 1.39 bits per heavy atom. The SMILES string of the molecule is CN(C)/C=C(\C#N)c1cccc(OC(F)(F)F)c1. The second-order valence-corrected chi connectivity index (χ2v) is 3.69. The molecule has 0 aliphatic carbocycles. The number of rotatable bonds is 3. The van der Waals surface area contributed by atoms with Gasteiger partial charge in [-0.05, 0) is 17.7 Å². The quantitative estimate of drug-likeness (QED) is 0.780. The van der Waals surface area contributed by atoms with Gasteiger partial charge >= 0.3 is 6.36 Å². The van der Waals surface area contributed by atoms with Gasteiger partial charge in [-0.2, -0.15) is 5.26 Å². The summed E-state index contributed by atoms with van der Waals surface area (Å²) in [4.78, 5) is 1.63. The third-order valence-electron chi connectivity index (χ3n) is 1.89. The van der Waals surface area contributed by atoms with Crippen LogP contribution in [0.5, 0.6) is 5.75 Å². The minimum atomic E-state index is -4.74. The van der Waals surface area contributed by atoms with Crippen LogP contribution in [0.4, 0.5) is 13.2 Å². The van der Waals surface area contributed by atoms with E-state index in [1.165, 1.54) is 24.4 Å². The Bertz CT molecular complexity index is 487. The molecule has 0 spiro atoms. The fraction of sp³-hybridized carbons (Fsp3) is 0.250. The van der Waals surface area contributed by atoms with Crippen LogP contribution in [0.15, 0.2) is 30.5 Å². The van der Waals surface area contributed by atoms with Crippen molar-refractivity contribution in [2.24, 2.45) is 0 Å². The Morgan fingerprint density at radius 3 is 2.56 bits per heavy atom. The molecule has 18 heavy (non-hydrogen) atoms. The number of nitriles is 1. The van der Waals surface area contributed by atoms with Gasteiger partial charge in [-0.1, -0.05) is 12.1 Å². The monoisotopic (exact) mass is 256 g/mol. The molecule has 0 saturated carbocycles. The van der Waals surface area contributed by atoms with E-state index in [0.29, 0.717) is 5.56 Å². The lowest BCUT2D eigenvalue weighted by molar-refractivity contribution is -0.274. The molecule has 0 radical (unpaired) electrons. The third-order valence-corrected chi connectivity index (χ3v) is 1.89. The number of benzene rings is 1. The summed E-state index contributed by atoms with van der Waals surface area (Å²) in [5.74, 6) is -0.347. The van der Waals surface area contributed by atoms with Crippen LogP contribution < -0.4 is 4.74 Å². The number of halogens is 3. The van der Waals surface area contributed by atoms with Crippen molar-refractivity contribution < 1.29 is 17.9 Å². The fourth-order valence-corrected chi connectivity index (χ4v) is 1.29. The first-order valence-corrected chi connectivity index (χ1v) is 4.96. The van der Waals surface area contributed by atoms with Crippen LogP contribution in [0, 0.1) is 11.3 Å². The first kappa shape index (κ1) is 13.9. The molecular formula is C12H11F3N2O. The number of hydrogen-bond acceptors (Lipinski definition) is 3. The van der Waals surface area contributed by atoms with E-state index in [4.69, 9.17) is 5.26 Å². The van der Waals surface area contributed by atoms with E-state index in [1.54, 1.807) is 25.1 Å². The molecule has 3 nitrogen and oxygen atoms in total. The minimum Gasteiger partial charge on any atom is -0.406 e. The van der Waals surface area contributed by atoms with E-state index in [0.717, 1.165) is 0 Å². The van der Waals surface area contributed by atoms with Crippen molar-refractivity contribution in [1.82, 2.24) is 4.90 Å². The maximum atomic E-state index is 12.1. The summed E-state index contributed by atoms with van der Waals surface area (Å²) in [6.45, 7) is 0. The van der Waals surface area contributed by atoms with Gasteiger partial charge in [0.1, 0.15) is 11.8 Å². The zero-order valence-electron chi connectivity index (χ0n) is 9.82. The van der Waals surface area contributed by atoms with Gasteiger partial charge in [0.2, 0.25) is 0 Å². The Balaban J connectivity index is 3.05. The summed E-state index contributed by atoms with van der Waals surface area (Å²) in [5.41, 5.74) is 0.626. The van der Waals surface area contributed by atoms with Crippen LogP contribution in [0.2, 0.25) is 0 Å². The van der Waals surface area contributed by atoms with Crippen LogP contribution in [0.3, 0.4) is 0 Å². The Morgan fingerprint density at radius 2 is 2.06 bits per heavy atom. The van der Waals surface area contributed by atoms with Gasteiger partial charge in [-0.3, -0.25) is 0 Å². The highest BCUT2D eigenvalue weighted by atomic mass is 19.4. The maximum Gasteiger partial charge on any atom is 0.573 e. The molecule has 1 aromatic carbocycles. The zero-order chi connectivity index (χ0) is 13.8. The topological polar surface area (TPSA) is 36.3 Å². The van der Waals surface area contributed by atoms with Gasteiger partial charge in [0, 0.05) is 20.3 Å². The molecule has 0 saturated heterocycles. The first-order valence-electron chi connectivity index (χ1n) is 4.96. The lowest BCUT2D eigenvalue weighted by Gasteiger charge is -2.10. The largest absolute Gasteiger partial charge is 0.573 e. The highest BCUT2D eigenvalue weighted by Gasteiger charge is 2.31. The van der Waals surface area contributed by atoms with Gasteiger partial charge in [-0.15, -0.1) is 13.2 Å². The predicted octanol–water partition coefficient (Wildman–Crippen LogP) is 3.01. The molecule has 0 N–H and O–H groups in total. The highest BCUT2D eigenvalue weighted by molar-refractivity contribution is 5.76. The normalized spacial score (nSPS) is 11.9. The molecule has 96 valence electrons. The summed E-state index contributed by atoms with van der Waals surface area (Å²) >= 11 is 0. The summed E-state index contributed by atoms with van der Waals surface area (Å²) in [7, 11) is 3.43. The molecular weight excluding hydrogens is 245 g/mol. The molecule has 0 amide bonds. The van der Waals surface area contributed by atoms with E-state index >= 15 is 0 Å². The molecule has 0 fully saturated rings. The van der Waals surface area contributed by atoms with Gasteiger partial charge in [0.25, 0.3) is 0 Å². The smallest absolute Gasteiger partial charge is 0.406 e. The van der Waals surface area contributed by atoms with Crippen molar-refractivity contribution in [3.63, 3.8) is 0 Å². The van der Waals surface area contributed by atoms with E-state index in [1.807, 2.05) is 6.07 Å². The summed E-state index contributed by atoms with van der Waals surface area (Å²) < 4.78 is 40.0. The minimum absolute atomic E-state index is 0.257. The number of ether oxygens (including phenoxy) is 1. The van der Waals surface area contributed by atoms with Gasteiger partial charge in [-0.25, -0.2) is 0 Å². The van der Waals surface area contributed by atoms with Gasteiger partial charge in [0.05, 0.1) is 5.57 Å². The molecule has 0 bridgehead atoms. The average Bonchev–Trinajstić information content (AvgIpc) is 2.23. The lowest BCUT2D eigenvalue weighted by Crippen LogP contribution is -2.17. The van der Waals surface area contributed by atoms with Gasteiger partial charge < -0.3 is 9.64 Å². The molecule has 6 heteroatoms. The highest BCUT2D eigenvalue weighted by Crippen LogP contribution is 2.25. The number of alkyl halides is 3. The van der Waals surface area contributed by atoms with Crippen molar-refractivity contribution in [2.75, 3.05) is 14.1 Å². The Kier molecular flexibility index (Phi) is 4.21. The molecule has 0 unspecified atom stereocenters. The number of allylic oxidation sites excluding steroid dienone is 1. The van der Waals surface area contributed by atoms with Crippen molar-refractivity contribution in [1.29, 1.82) is 5.26 Å². The van der Waals surface area contributed by atoms with Crippen LogP contribution in [0.25, 0.3) is 5.57 Å². The fourth-order valence-electron chi connectivity index (χ4n) is 1.29. The molecule has 1 rings (SSSR count). The van der Waals surface area contributed by atoms with Crippen LogP contribution in [0.1, 0.15) is 5.56 Å². The van der Waals surface area contributed by atoms with Crippen molar-refractivity contribution in [3.05, 3.63) is 36.0 Å². The average molecular weight is 256 g/mol. The van der Waals surface area contributed by atoms with Crippen molar-refractivity contribution >= 4 is 5.57 Å². The third kappa shape index (κ3) is 4.37. The molecule has 1 aromatic rings. The Labute approximate surface area is 103 Å². The summed E-state index contributed by atoms with van der Waals surface area (Å²) in [6, 6.07) is 7.22. The standard InChI is InChI=1S/C12H11F3N2O/c1-17(2)8-10(7-16)9-4-3-5-11(6-9)18-12(13,14)15/h3-6,8H,1-2H3/b10-8+. The van der Waals surface area contributed by atoms with E-state index in [9.17, 15) is 13.2 Å². The van der Waals surface area contributed by atoms with Crippen molar-refractivity contribution in [3.8, 4) is 11.8 Å². The molecule has 0 aromatic heterocycles. The lowest BCUT2D eigenvalue weighted by atomic mass is 10.1. The second-order valence-electron chi connectivity index (χ2n) is 3.69. The molecule has 0 aliphatic rings. The second kappa shape index (κ2) is 5.45. The molecule has 0 atom stereocenters. The summed E-state index contributed by atoms with van der Waals surface area (Å²) in [6.07, 6.45) is -3.22. The Hall–Kier alpha value is -2.16. The maximum absolute atomic E-state index is 12.1. The number of hydrogen-bond donors (Lipinski definition) is 0. The van der Waals surface area contributed by atoms with Crippen LogP contribution >= 0.6 is 0 Å². The first-order chi connectivity index (χ1) is 8.31. The number of nitrogens with zero attached hydrogens (tertiary/aromatic N) is 2. The predicted molar refractivity (Wildman–Crippen MR) is 60.4 cm³/mol. The molecule has 0 heterocycles. The van der Waals surface area contributed by atoms with E-state index in [-0.39, 0.29) is 11.3 Å². The van der Waals surface area contributed by atoms with Gasteiger partial charge in [0.15, 0.2) is 0 Å². The van der Waals surface area contributed by atoms with E-state index in [2.05, 4.69) is 4.74 Å². The van der Waals surface area contributed by atoms with Crippen LogP contribution in [-0.2, 0) is 0 Å². The van der Waals surface area contributed by atoms with E-state index < -0.39 is 6.36 Å². The van der Waals surface area contributed by atoms with Crippen molar-refractivity contribution in [2.45, 2.75) is 6.36 Å². The summed E-state index contributed by atoms with van der Waals surface area (Å²) in [5, 5.41) is 8.94. The molecule has 0 aliphatic heterocycles.